The van der Waals surface area contributed by atoms with Gasteiger partial charge < -0.3 is 9.30 Å². The van der Waals surface area contributed by atoms with Crippen LogP contribution in [0.4, 0.5) is 4.79 Å². The lowest BCUT2D eigenvalue weighted by Gasteiger charge is -2.42. The number of ether oxygens (including phenoxy) is 1. The molecule has 4 nitrogen and oxygen atoms in total. The van der Waals surface area contributed by atoms with E-state index in [9.17, 15) is 4.79 Å². The zero-order chi connectivity index (χ0) is 17.9. The van der Waals surface area contributed by atoms with Gasteiger partial charge in [0.1, 0.15) is 5.60 Å². The maximum absolute atomic E-state index is 12.7. The Morgan fingerprint density at radius 1 is 1.29 bits per heavy atom. The number of hydrogen-bond donors (Lipinski definition) is 0. The Bertz CT molecular complexity index is 815. The molecule has 1 aliphatic rings. The predicted molar refractivity (Wildman–Crippen MR) is 100 cm³/mol. The Balaban J connectivity index is 2.06. The van der Waals surface area contributed by atoms with E-state index in [2.05, 4.69) is 59.6 Å². The predicted octanol–water partition coefficient (Wildman–Crippen LogP) is 5.01. The van der Waals surface area contributed by atoms with E-state index in [1.54, 1.807) is 0 Å². The first-order chi connectivity index (χ1) is 11.0. The summed E-state index contributed by atoms with van der Waals surface area (Å²) >= 11 is 3.55. The molecule has 0 fully saturated rings. The van der Waals surface area contributed by atoms with Gasteiger partial charge in [-0.1, -0.05) is 22.0 Å². The minimum atomic E-state index is -0.489. The molecule has 1 aromatic carbocycles. The number of carbonyl (C=O) groups is 1. The second-order valence-electron chi connectivity index (χ2n) is 8.20. The molecule has 2 aromatic rings. The van der Waals surface area contributed by atoms with Crippen LogP contribution in [0.25, 0.3) is 10.9 Å². The quantitative estimate of drug-likeness (QED) is 0.631. The van der Waals surface area contributed by atoms with Gasteiger partial charge in [-0.25, -0.2) is 4.79 Å². The summed E-state index contributed by atoms with van der Waals surface area (Å²) in [5.74, 6) is 0. The molecule has 0 unspecified atom stereocenters. The number of hydrogen-bond acceptors (Lipinski definition) is 2. The minimum Gasteiger partial charge on any atom is -0.444 e. The Morgan fingerprint density at radius 2 is 1.96 bits per heavy atom. The monoisotopic (exact) mass is 392 g/mol. The lowest BCUT2D eigenvalue weighted by atomic mass is 9.87. The van der Waals surface area contributed by atoms with Gasteiger partial charge >= 0.3 is 6.09 Å². The summed E-state index contributed by atoms with van der Waals surface area (Å²) in [7, 11) is 2.07. The summed E-state index contributed by atoms with van der Waals surface area (Å²) in [6.07, 6.45) is 0.574. The highest BCUT2D eigenvalue weighted by molar-refractivity contribution is 9.10. The van der Waals surface area contributed by atoms with Gasteiger partial charge in [-0.3, -0.25) is 4.90 Å². The molecule has 0 N–H and O–H groups in total. The maximum Gasteiger partial charge on any atom is 0.411 e. The summed E-state index contributed by atoms with van der Waals surface area (Å²) in [5.41, 5.74) is 2.95. The molecular weight excluding hydrogens is 368 g/mol. The minimum absolute atomic E-state index is 0.246. The molecular formula is C19H25BrN2O2. The van der Waals surface area contributed by atoms with Crippen molar-refractivity contribution in [2.45, 2.75) is 58.7 Å². The number of aryl methyl sites for hydroxylation is 1. The highest BCUT2D eigenvalue weighted by Crippen LogP contribution is 2.38. The average molecular weight is 393 g/mol. The molecule has 1 aromatic heterocycles. The van der Waals surface area contributed by atoms with Crippen molar-refractivity contribution in [3.63, 3.8) is 0 Å². The van der Waals surface area contributed by atoms with Gasteiger partial charge in [0, 0.05) is 33.7 Å². The molecule has 0 saturated heterocycles. The summed E-state index contributed by atoms with van der Waals surface area (Å²) in [5, 5.41) is 1.27. The summed E-state index contributed by atoms with van der Waals surface area (Å²) < 4.78 is 8.89. The van der Waals surface area contributed by atoms with Crippen molar-refractivity contribution in [2.75, 3.05) is 0 Å². The van der Waals surface area contributed by atoms with Crippen LogP contribution >= 0.6 is 15.9 Å². The van der Waals surface area contributed by atoms with Gasteiger partial charge in [0.2, 0.25) is 0 Å². The van der Waals surface area contributed by atoms with Gasteiger partial charge in [0.25, 0.3) is 0 Å². The molecule has 0 bridgehead atoms. The highest BCUT2D eigenvalue weighted by Gasteiger charge is 2.40. The Hall–Kier alpha value is -1.49. The summed E-state index contributed by atoms with van der Waals surface area (Å²) in [6.45, 7) is 10.5. The zero-order valence-corrected chi connectivity index (χ0v) is 16.8. The molecule has 0 spiro atoms. The van der Waals surface area contributed by atoms with Crippen LogP contribution in [-0.4, -0.2) is 26.7 Å². The Kier molecular flexibility index (Phi) is 3.98. The first-order valence-corrected chi connectivity index (χ1v) is 9.05. The number of rotatable bonds is 0. The molecule has 24 heavy (non-hydrogen) atoms. The van der Waals surface area contributed by atoms with Crippen LogP contribution in [0.5, 0.6) is 0 Å². The fourth-order valence-corrected chi connectivity index (χ4v) is 3.81. The van der Waals surface area contributed by atoms with E-state index in [0.717, 1.165) is 10.9 Å². The Morgan fingerprint density at radius 3 is 2.58 bits per heavy atom. The van der Waals surface area contributed by atoms with E-state index in [4.69, 9.17) is 4.74 Å². The van der Waals surface area contributed by atoms with Crippen molar-refractivity contribution < 1.29 is 9.53 Å². The summed E-state index contributed by atoms with van der Waals surface area (Å²) in [6, 6.07) is 6.38. The van der Waals surface area contributed by atoms with Crippen LogP contribution in [0.15, 0.2) is 22.7 Å². The molecule has 0 aliphatic carbocycles. The number of nitrogens with zero attached hydrogens (tertiary/aromatic N) is 2. The number of benzene rings is 1. The molecule has 0 saturated carbocycles. The topological polar surface area (TPSA) is 34.5 Å². The van der Waals surface area contributed by atoms with Crippen molar-refractivity contribution in [1.29, 1.82) is 0 Å². The second kappa shape index (κ2) is 5.51. The van der Waals surface area contributed by atoms with Crippen molar-refractivity contribution in [3.8, 4) is 0 Å². The highest BCUT2D eigenvalue weighted by atomic mass is 79.9. The van der Waals surface area contributed by atoms with E-state index < -0.39 is 5.60 Å². The largest absolute Gasteiger partial charge is 0.444 e. The van der Waals surface area contributed by atoms with Crippen molar-refractivity contribution >= 4 is 32.9 Å². The van der Waals surface area contributed by atoms with E-state index in [0.29, 0.717) is 6.54 Å². The third-order valence-corrected chi connectivity index (χ3v) is 5.15. The number of halogens is 1. The van der Waals surface area contributed by atoms with Gasteiger partial charge in [0.15, 0.2) is 0 Å². The Labute approximate surface area is 151 Å². The van der Waals surface area contributed by atoms with Crippen LogP contribution in [0.3, 0.4) is 0 Å². The molecule has 5 heteroatoms. The molecule has 0 atom stereocenters. The van der Waals surface area contributed by atoms with Gasteiger partial charge in [-0.05, 0) is 58.7 Å². The fraction of sp³-hybridized carbons (Fsp3) is 0.526. The maximum atomic E-state index is 12.7. The van der Waals surface area contributed by atoms with Gasteiger partial charge in [-0.15, -0.1) is 0 Å². The van der Waals surface area contributed by atoms with Crippen molar-refractivity contribution in [3.05, 3.63) is 33.9 Å². The third kappa shape index (κ3) is 2.94. The third-order valence-electron chi connectivity index (χ3n) is 4.66. The van der Waals surface area contributed by atoms with E-state index in [-0.39, 0.29) is 11.6 Å². The normalized spacial score (nSPS) is 17.0. The molecule has 1 amide bonds. The lowest BCUT2D eigenvalue weighted by Crippen LogP contribution is -2.53. The molecule has 2 heterocycles. The van der Waals surface area contributed by atoms with E-state index >= 15 is 0 Å². The van der Waals surface area contributed by atoms with Crippen LogP contribution in [0.1, 0.15) is 45.9 Å². The van der Waals surface area contributed by atoms with E-state index in [1.807, 2.05) is 25.7 Å². The average Bonchev–Trinajstić information content (AvgIpc) is 2.67. The second-order valence-corrected chi connectivity index (χ2v) is 9.12. The van der Waals surface area contributed by atoms with Crippen LogP contribution in [0.2, 0.25) is 0 Å². The first-order valence-electron chi connectivity index (χ1n) is 8.26. The molecule has 130 valence electrons. The van der Waals surface area contributed by atoms with Gasteiger partial charge in [0.05, 0.1) is 6.54 Å². The fourth-order valence-electron chi connectivity index (χ4n) is 3.46. The van der Waals surface area contributed by atoms with Crippen molar-refractivity contribution in [1.82, 2.24) is 9.47 Å². The smallest absolute Gasteiger partial charge is 0.411 e. The van der Waals surface area contributed by atoms with Crippen molar-refractivity contribution in [2.24, 2.45) is 7.05 Å². The number of fused-ring (bicyclic) bond motifs is 3. The lowest BCUT2D eigenvalue weighted by molar-refractivity contribution is -0.00315. The molecule has 1 aliphatic heterocycles. The molecule has 3 rings (SSSR count). The number of carbonyl (C=O) groups excluding carboxylic acids is 1. The number of aromatic nitrogens is 1. The van der Waals surface area contributed by atoms with Crippen LogP contribution in [0, 0.1) is 0 Å². The first kappa shape index (κ1) is 17.3. The van der Waals surface area contributed by atoms with Gasteiger partial charge in [-0.2, -0.15) is 0 Å². The number of amides is 1. The van der Waals surface area contributed by atoms with Crippen LogP contribution < -0.4 is 0 Å². The standard InChI is InChI=1S/C19H25BrN2O2/c1-18(2,3)24-17(23)22-11-16-14(10-19(22,4)5)13-8-7-12(20)9-15(13)21(16)6/h7-9H,10-11H2,1-6H3. The molecule has 0 radical (unpaired) electrons. The van der Waals surface area contributed by atoms with E-state index in [1.165, 1.54) is 22.2 Å². The SMILES string of the molecule is Cn1c2c(c3ccc(Br)cc31)CC(C)(C)N(C(=O)OC(C)(C)C)C2. The zero-order valence-electron chi connectivity index (χ0n) is 15.2. The van der Waals surface area contributed by atoms with Crippen LogP contribution in [-0.2, 0) is 24.8 Å². The summed E-state index contributed by atoms with van der Waals surface area (Å²) in [4.78, 5) is 14.6.